The molecule has 7 heteroatoms. The number of hydrogen-bond donors (Lipinski definition) is 1. The second-order valence-electron chi connectivity index (χ2n) is 3.95. The van der Waals surface area contributed by atoms with Gasteiger partial charge in [0, 0.05) is 18.7 Å². The van der Waals surface area contributed by atoms with Gasteiger partial charge in [0.15, 0.2) is 0 Å². The number of benzene rings is 1. The second kappa shape index (κ2) is 5.75. The van der Waals surface area contributed by atoms with Gasteiger partial charge in [0.2, 0.25) is 0 Å². The lowest BCUT2D eigenvalue weighted by molar-refractivity contribution is -0.384. The molecular weight excluding hydrogens is 282 g/mol. The molecule has 1 N–H and O–H groups in total. The summed E-state index contributed by atoms with van der Waals surface area (Å²) in [6, 6.07) is 7.86. The topological polar surface area (TPSA) is 77.3 Å². The standard InChI is InChI=1S/C13H12ClN3O3/c1-15-13-7-9(17(18)19)6-11(16-13)8-3-4-10(14)12(5-8)20-2/h3-7H,1-2H3,(H,15,16). The van der Waals surface area contributed by atoms with Gasteiger partial charge in [0.1, 0.15) is 11.6 Å². The van der Waals surface area contributed by atoms with Crippen molar-refractivity contribution in [3.05, 3.63) is 45.5 Å². The van der Waals surface area contributed by atoms with E-state index < -0.39 is 4.92 Å². The number of ether oxygens (including phenoxy) is 1. The van der Waals surface area contributed by atoms with Crippen LogP contribution in [0.15, 0.2) is 30.3 Å². The molecule has 20 heavy (non-hydrogen) atoms. The summed E-state index contributed by atoms with van der Waals surface area (Å²) < 4.78 is 5.13. The number of aromatic nitrogens is 1. The molecule has 0 unspecified atom stereocenters. The van der Waals surface area contributed by atoms with E-state index in [0.717, 1.165) is 0 Å². The average molecular weight is 294 g/mol. The number of nitrogens with one attached hydrogen (secondary N) is 1. The van der Waals surface area contributed by atoms with Crippen LogP contribution in [0.3, 0.4) is 0 Å². The Hall–Kier alpha value is -2.34. The molecule has 6 nitrogen and oxygen atoms in total. The average Bonchev–Trinajstić information content (AvgIpc) is 2.47. The minimum atomic E-state index is -0.459. The number of nitrogens with zero attached hydrogens (tertiary/aromatic N) is 2. The van der Waals surface area contributed by atoms with Gasteiger partial charge in [-0.25, -0.2) is 4.98 Å². The van der Waals surface area contributed by atoms with Crippen molar-refractivity contribution in [1.82, 2.24) is 4.98 Å². The monoisotopic (exact) mass is 293 g/mol. The van der Waals surface area contributed by atoms with E-state index in [1.54, 1.807) is 25.2 Å². The van der Waals surface area contributed by atoms with Crippen molar-refractivity contribution in [3.63, 3.8) is 0 Å². The third-order valence-corrected chi connectivity index (χ3v) is 3.04. The molecule has 0 saturated carbocycles. The molecule has 1 aromatic heterocycles. The molecule has 2 rings (SSSR count). The molecule has 0 aliphatic rings. The largest absolute Gasteiger partial charge is 0.495 e. The van der Waals surface area contributed by atoms with E-state index in [9.17, 15) is 10.1 Å². The van der Waals surface area contributed by atoms with Crippen LogP contribution in [0.25, 0.3) is 11.3 Å². The first-order valence-electron chi connectivity index (χ1n) is 5.73. The highest BCUT2D eigenvalue weighted by atomic mass is 35.5. The van der Waals surface area contributed by atoms with Crippen molar-refractivity contribution in [2.75, 3.05) is 19.5 Å². The van der Waals surface area contributed by atoms with Gasteiger partial charge in [0.25, 0.3) is 5.69 Å². The molecule has 0 atom stereocenters. The van der Waals surface area contributed by atoms with Crippen LogP contribution in [-0.4, -0.2) is 24.1 Å². The smallest absolute Gasteiger partial charge is 0.275 e. The maximum absolute atomic E-state index is 10.9. The minimum Gasteiger partial charge on any atom is -0.495 e. The molecule has 0 fully saturated rings. The summed E-state index contributed by atoms with van der Waals surface area (Å²) in [7, 11) is 3.16. The van der Waals surface area contributed by atoms with E-state index in [0.29, 0.717) is 27.8 Å². The molecule has 0 spiro atoms. The predicted octanol–water partition coefficient (Wildman–Crippen LogP) is 3.36. The third kappa shape index (κ3) is 2.80. The maximum atomic E-state index is 10.9. The molecule has 0 saturated heterocycles. The predicted molar refractivity (Wildman–Crippen MR) is 77.4 cm³/mol. The number of hydrogen-bond acceptors (Lipinski definition) is 5. The Morgan fingerprint density at radius 2 is 2.10 bits per heavy atom. The van der Waals surface area contributed by atoms with Gasteiger partial charge in [0.05, 0.1) is 28.8 Å². The highest BCUT2D eigenvalue weighted by Crippen LogP contribution is 2.31. The van der Waals surface area contributed by atoms with Crippen LogP contribution in [0.5, 0.6) is 5.75 Å². The van der Waals surface area contributed by atoms with Crippen molar-refractivity contribution in [2.45, 2.75) is 0 Å². The number of rotatable bonds is 4. The van der Waals surface area contributed by atoms with Gasteiger partial charge in [-0.05, 0) is 12.1 Å². The Balaban J connectivity index is 2.56. The molecule has 2 aromatic rings. The molecular formula is C13H12ClN3O3. The summed E-state index contributed by atoms with van der Waals surface area (Å²) in [5, 5.41) is 14.2. The number of methoxy groups -OCH3 is 1. The van der Waals surface area contributed by atoms with E-state index in [2.05, 4.69) is 10.3 Å². The zero-order valence-electron chi connectivity index (χ0n) is 10.9. The molecule has 1 heterocycles. The third-order valence-electron chi connectivity index (χ3n) is 2.72. The van der Waals surface area contributed by atoms with E-state index in [1.807, 2.05) is 0 Å². The second-order valence-corrected chi connectivity index (χ2v) is 4.36. The molecule has 0 aliphatic carbocycles. The Morgan fingerprint density at radius 3 is 2.70 bits per heavy atom. The summed E-state index contributed by atoms with van der Waals surface area (Å²) >= 11 is 5.96. The summed E-state index contributed by atoms with van der Waals surface area (Å²) in [4.78, 5) is 14.8. The summed E-state index contributed by atoms with van der Waals surface area (Å²) in [5.41, 5.74) is 1.12. The van der Waals surface area contributed by atoms with Gasteiger partial charge < -0.3 is 10.1 Å². The summed E-state index contributed by atoms with van der Waals surface area (Å²) in [6.07, 6.45) is 0. The fourth-order valence-electron chi connectivity index (χ4n) is 1.72. The van der Waals surface area contributed by atoms with Gasteiger partial charge in [-0.1, -0.05) is 17.7 Å². The Bertz CT molecular complexity index is 661. The van der Waals surface area contributed by atoms with Crippen molar-refractivity contribution in [1.29, 1.82) is 0 Å². The lowest BCUT2D eigenvalue weighted by atomic mass is 10.1. The Morgan fingerprint density at radius 1 is 1.35 bits per heavy atom. The summed E-state index contributed by atoms with van der Waals surface area (Å²) in [5.74, 6) is 0.909. The molecule has 0 bridgehead atoms. The first-order valence-corrected chi connectivity index (χ1v) is 6.11. The van der Waals surface area contributed by atoms with Crippen molar-refractivity contribution in [3.8, 4) is 17.0 Å². The normalized spacial score (nSPS) is 10.2. The van der Waals surface area contributed by atoms with Gasteiger partial charge >= 0.3 is 0 Å². The molecule has 0 aliphatic heterocycles. The number of halogens is 1. The molecule has 0 radical (unpaired) electrons. The molecule has 0 amide bonds. The highest BCUT2D eigenvalue weighted by Gasteiger charge is 2.13. The zero-order chi connectivity index (χ0) is 14.7. The van der Waals surface area contributed by atoms with E-state index in [-0.39, 0.29) is 5.69 Å². The zero-order valence-corrected chi connectivity index (χ0v) is 11.6. The van der Waals surface area contributed by atoms with E-state index >= 15 is 0 Å². The van der Waals surface area contributed by atoms with Gasteiger partial charge in [-0.3, -0.25) is 10.1 Å². The van der Waals surface area contributed by atoms with Gasteiger partial charge in [-0.15, -0.1) is 0 Å². The lowest BCUT2D eigenvalue weighted by Crippen LogP contribution is -1.97. The van der Waals surface area contributed by atoms with Crippen LogP contribution in [-0.2, 0) is 0 Å². The van der Waals surface area contributed by atoms with Crippen LogP contribution in [0.2, 0.25) is 5.02 Å². The first kappa shape index (κ1) is 14.1. The van der Waals surface area contributed by atoms with E-state index in [1.165, 1.54) is 19.2 Å². The fourth-order valence-corrected chi connectivity index (χ4v) is 1.91. The number of nitro groups is 1. The number of pyridine rings is 1. The van der Waals surface area contributed by atoms with Crippen molar-refractivity contribution in [2.24, 2.45) is 0 Å². The van der Waals surface area contributed by atoms with Crippen LogP contribution in [0.4, 0.5) is 11.5 Å². The molecule has 104 valence electrons. The van der Waals surface area contributed by atoms with Crippen molar-refractivity contribution < 1.29 is 9.66 Å². The van der Waals surface area contributed by atoms with Crippen LogP contribution in [0.1, 0.15) is 0 Å². The quantitative estimate of drug-likeness (QED) is 0.691. The lowest BCUT2D eigenvalue weighted by Gasteiger charge is -2.08. The van der Waals surface area contributed by atoms with Crippen LogP contribution >= 0.6 is 11.6 Å². The number of anilines is 1. The minimum absolute atomic E-state index is 0.0340. The van der Waals surface area contributed by atoms with Gasteiger partial charge in [-0.2, -0.15) is 0 Å². The van der Waals surface area contributed by atoms with E-state index in [4.69, 9.17) is 16.3 Å². The van der Waals surface area contributed by atoms with Crippen LogP contribution < -0.4 is 10.1 Å². The fraction of sp³-hybridized carbons (Fsp3) is 0.154. The van der Waals surface area contributed by atoms with Crippen LogP contribution in [0, 0.1) is 10.1 Å². The Labute approximate surface area is 120 Å². The molecule has 1 aromatic carbocycles. The van der Waals surface area contributed by atoms with Crippen molar-refractivity contribution >= 4 is 23.1 Å². The SMILES string of the molecule is CNc1cc([N+](=O)[O-])cc(-c2ccc(Cl)c(OC)c2)n1. The summed E-state index contributed by atoms with van der Waals surface area (Å²) in [6.45, 7) is 0. The highest BCUT2D eigenvalue weighted by molar-refractivity contribution is 6.32. The Kier molecular flexibility index (Phi) is 4.05. The maximum Gasteiger partial charge on any atom is 0.275 e. The first-order chi connectivity index (χ1) is 9.55.